The number of hydrogen-bond donors (Lipinski definition) is 0. The van der Waals surface area contributed by atoms with E-state index in [0.717, 1.165) is 11.5 Å². The van der Waals surface area contributed by atoms with Crippen LogP contribution in [0.2, 0.25) is 0 Å². The van der Waals surface area contributed by atoms with Crippen molar-refractivity contribution in [2.45, 2.75) is 26.7 Å². The normalized spacial score (nSPS) is 10.8. The molecule has 0 aliphatic rings. The van der Waals surface area contributed by atoms with Gasteiger partial charge in [0.05, 0.1) is 0 Å². The zero-order chi connectivity index (χ0) is 11.5. The van der Waals surface area contributed by atoms with Gasteiger partial charge >= 0.3 is 0 Å². The Hall–Kier alpha value is -1.77. The van der Waals surface area contributed by atoms with E-state index in [1.807, 2.05) is 19.1 Å². The molecule has 3 heteroatoms. The molecule has 0 spiro atoms. The molecule has 1 aromatic heterocycles. The van der Waals surface area contributed by atoms with Crippen LogP contribution >= 0.6 is 0 Å². The lowest BCUT2D eigenvalue weighted by atomic mass is 10.0. The van der Waals surface area contributed by atoms with Gasteiger partial charge in [-0.3, -0.25) is 0 Å². The largest absolute Gasteiger partial charge is 0.436 e. The monoisotopic (exact) mass is 217 g/mol. The summed E-state index contributed by atoms with van der Waals surface area (Å²) in [5, 5.41) is 3.77. The van der Waals surface area contributed by atoms with E-state index in [9.17, 15) is 0 Å². The van der Waals surface area contributed by atoms with Gasteiger partial charge in [0.15, 0.2) is 0 Å². The summed E-state index contributed by atoms with van der Waals surface area (Å²) in [6.45, 7) is 6.16. The summed E-state index contributed by atoms with van der Waals surface area (Å²) in [5.74, 6) is 2.55. The smallest absolute Gasteiger partial charge is 0.259 e. The van der Waals surface area contributed by atoms with E-state index in [1.54, 1.807) is 6.07 Å². The number of benzene rings is 1. The summed E-state index contributed by atoms with van der Waals surface area (Å²) < 4.78 is 10.5. The molecule has 0 radical (unpaired) electrons. The van der Waals surface area contributed by atoms with Crippen LogP contribution in [0.15, 0.2) is 34.9 Å². The quantitative estimate of drug-likeness (QED) is 0.782. The van der Waals surface area contributed by atoms with E-state index in [0.29, 0.717) is 11.8 Å². The van der Waals surface area contributed by atoms with E-state index in [2.05, 4.69) is 31.1 Å². The number of nitrogens with zero attached hydrogens (tertiary/aromatic N) is 1. The van der Waals surface area contributed by atoms with Crippen molar-refractivity contribution >= 4 is 0 Å². The van der Waals surface area contributed by atoms with Gasteiger partial charge in [-0.05, 0) is 35.7 Å². The topological polar surface area (TPSA) is 35.3 Å². The Labute approximate surface area is 95.0 Å². The lowest BCUT2D eigenvalue weighted by Gasteiger charge is -2.06. The van der Waals surface area contributed by atoms with Gasteiger partial charge in [0.25, 0.3) is 5.88 Å². The first-order valence-corrected chi connectivity index (χ1v) is 5.36. The second-order valence-electron chi connectivity index (χ2n) is 4.10. The maximum atomic E-state index is 5.53. The van der Waals surface area contributed by atoms with Crippen LogP contribution in [0.3, 0.4) is 0 Å². The zero-order valence-electron chi connectivity index (χ0n) is 9.73. The van der Waals surface area contributed by atoms with Crippen LogP contribution in [0, 0.1) is 6.92 Å². The molecule has 0 N–H and O–H groups in total. The first-order chi connectivity index (χ1) is 7.65. The third-order valence-corrected chi connectivity index (χ3v) is 2.38. The highest BCUT2D eigenvalue weighted by Crippen LogP contribution is 2.23. The van der Waals surface area contributed by atoms with Gasteiger partial charge in [0, 0.05) is 6.07 Å². The molecule has 16 heavy (non-hydrogen) atoms. The van der Waals surface area contributed by atoms with Gasteiger partial charge in [0.2, 0.25) is 0 Å². The van der Waals surface area contributed by atoms with E-state index in [1.165, 1.54) is 5.56 Å². The van der Waals surface area contributed by atoms with Gasteiger partial charge in [-0.25, -0.2) is 0 Å². The average Bonchev–Trinajstić information content (AvgIpc) is 2.65. The maximum Gasteiger partial charge on any atom is 0.259 e. The van der Waals surface area contributed by atoms with Gasteiger partial charge < -0.3 is 9.26 Å². The summed E-state index contributed by atoms with van der Waals surface area (Å²) in [7, 11) is 0. The van der Waals surface area contributed by atoms with Gasteiger partial charge in [0.1, 0.15) is 11.5 Å². The summed E-state index contributed by atoms with van der Waals surface area (Å²) in [5.41, 5.74) is 1.30. The Morgan fingerprint density at radius 1 is 1.19 bits per heavy atom. The predicted octanol–water partition coefficient (Wildman–Crippen LogP) is 3.90. The number of aromatic nitrogens is 1. The van der Waals surface area contributed by atoms with Crippen LogP contribution in [-0.2, 0) is 0 Å². The molecule has 0 bridgehead atoms. The van der Waals surface area contributed by atoms with Crippen molar-refractivity contribution in [2.24, 2.45) is 0 Å². The van der Waals surface area contributed by atoms with E-state index >= 15 is 0 Å². The lowest BCUT2D eigenvalue weighted by Crippen LogP contribution is -1.88. The third-order valence-electron chi connectivity index (χ3n) is 2.38. The molecule has 1 heterocycles. The van der Waals surface area contributed by atoms with Crippen molar-refractivity contribution in [3.8, 4) is 11.6 Å². The predicted molar refractivity (Wildman–Crippen MR) is 61.8 cm³/mol. The minimum absolute atomic E-state index is 0.495. The minimum Gasteiger partial charge on any atom is -0.436 e. The number of hydrogen-bond acceptors (Lipinski definition) is 3. The molecule has 0 aliphatic heterocycles. The summed E-state index contributed by atoms with van der Waals surface area (Å²) in [4.78, 5) is 0. The second-order valence-corrected chi connectivity index (χ2v) is 4.10. The maximum absolute atomic E-state index is 5.53. The molecule has 1 aromatic carbocycles. The summed E-state index contributed by atoms with van der Waals surface area (Å²) >= 11 is 0. The number of ether oxygens (including phenoxy) is 1. The molecule has 0 unspecified atom stereocenters. The Morgan fingerprint density at radius 2 is 1.88 bits per heavy atom. The van der Waals surface area contributed by atoms with Crippen molar-refractivity contribution in [1.82, 2.24) is 5.16 Å². The highest BCUT2D eigenvalue weighted by Gasteiger charge is 2.03. The van der Waals surface area contributed by atoms with Crippen LogP contribution in [0.5, 0.6) is 11.6 Å². The lowest BCUT2D eigenvalue weighted by molar-refractivity contribution is 0.355. The molecular weight excluding hydrogens is 202 g/mol. The molecule has 0 saturated carbocycles. The molecule has 0 saturated heterocycles. The Bertz CT molecular complexity index is 457. The van der Waals surface area contributed by atoms with E-state index < -0.39 is 0 Å². The first kappa shape index (κ1) is 10.7. The molecule has 0 fully saturated rings. The highest BCUT2D eigenvalue weighted by atomic mass is 16.5. The standard InChI is InChI=1S/C13H15NO2/c1-9(2)11-4-6-12(7-5-11)15-13-8-10(3)16-14-13/h4-9H,1-3H3. The fourth-order valence-corrected chi connectivity index (χ4v) is 1.43. The molecular formula is C13H15NO2. The van der Waals surface area contributed by atoms with Crippen molar-refractivity contribution in [2.75, 3.05) is 0 Å². The molecule has 0 atom stereocenters. The first-order valence-electron chi connectivity index (χ1n) is 5.36. The van der Waals surface area contributed by atoms with Crippen LogP contribution in [-0.4, -0.2) is 5.16 Å². The van der Waals surface area contributed by atoms with E-state index in [-0.39, 0.29) is 0 Å². The Balaban J connectivity index is 2.11. The molecule has 2 rings (SSSR count). The van der Waals surface area contributed by atoms with Gasteiger partial charge in [-0.1, -0.05) is 26.0 Å². The zero-order valence-corrected chi connectivity index (χ0v) is 9.73. The average molecular weight is 217 g/mol. The number of rotatable bonds is 3. The van der Waals surface area contributed by atoms with Gasteiger partial charge in [-0.15, -0.1) is 0 Å². The van der Waals surface area contributed by atoms with Crippen molar-refractivity contribution in [3.05, 3.63) is 41.7 Å². The van der Waals surface area contributed by atoms with Crippen molar-refractivity contribution in [1.29, 1.82) is 0 Å². The summed E-state index contributed by atoms with van der Waals surface area (Å²) in [6.07, 6.45) is 0. The van der Waals surface area contributed by atoms with Crippen molar-refractivity contribution in [3.63, 3.8) is 0 Å². The molecule has 3 nitrogen and oxygen atoms in total. The van der Waals surface area contributed by atoms with Crippen LogP contribution < -0.4 is 4.74 Å². The SMILES string of the molecule is Cc1cc(Oc2ccc(C(C)C)cc2)no1. The molecule has 0 amide bonds. The fourth-order valence-electron chi connectivity index (χ4n) is 1.43. The summed E-state index contributed by atoms with van der Waals surface area (Å²) in [6, 6.07) is 9.77. The highest BCUT2D eigenvalue weighted by molar-refractivity contribution is 5.31. The van der Waals surface area contributed by atoms with Gasteiger partial charge in [-0.2, -0.15) is 0 Å². The fraction of sp³-hybridized carbons (Fsp3) is 0.308. The second kappa shape index (κ2) is 4.39. The molecule has 0 aliphatic carbocycles. The Kier molecular flexibility index (Phi) is 2.95. The van der Waals surface area contributed by atoms with Crippen LogP contribution in [0.25, 0.3) is 0 Å². The minimum atomic E-state index is 0.495. The van der Waals surface area contributed by atoms with Crippen molar-refractivity contribution < 1.29 is 9.26 Å². The van der Waals surface area contributed by atoms with Crippen LogP contribution in [0.4, 0.5) is 0 Å². The molecule has 84 valence electrons. The molecule has 2 aromatic rings. The third kappa shape index (κ3) is 2.42. The Morgan fingerprint density at radius 3 is 2.38 bits per heavy atom. The van der Waals surface area contributed by atoms with E-state index in [4.69, 9.17) is 9.26 Å². The number of aryl methyl sites for hydroxylation is 1. The van der Waals surface area contributed by atoms with Crippen LogP contribution in [0.1, 0.15) is 31.1 Å².